The van der Waals surface area contributed by atoms with Gasteiger partial charge < -0.3 is 9.80 Å². The third-order valence-corrected chi connectivity index (χ3v) is 3.43. The van der Waals surface area contributed by atoms with E-state index in [-0.39, 0.29) is 0 Å². The summed E-state index contributed by atoms with van der Waals surface area (Å²) >= 11 is 0. The smallest absolute Gasteiger partial charge is 0.130 e. The normalized spacial score (nSPS) is 20.6. The highest BCUT2D eigenvalue weighted by Crippen LogP contribution is 2.21. The summed E-state index contributed by atoms with van der Waals surface area (Å²) < 4.78 is 0. The van der Waals surface area contributed by atoms with E-state index in [9.17, 15) is 0 Å². The van der Waals surface area contributed by atoms with Crippen LogP contribution in [0, 0.1) is 0 Å². The molecule has 0 N–H and O–H groups in total. The molecule has 1 fully saturated rings. The summed E-state index contributed by atoms with van der Waals surface area (Å²) in [5, 5.41) is 0. The highest BCUT2D eigenvalue weighted by Gasteiger charge is 2.24. The maximum Gasteiger partial charge on any atom is 0.130 e. The highest BCUT2D eigenvalue weighted by molar-refractivity contribution is 5.43. The zero-order chi connectivity index (χ0) is 12.4. The van der Waals surface area contributed by atoms with Gasteiger partial charge in [-0.05, 0) is 20.5 Å². The molecule has 0 unspecified atom stereocenters. The fourth-order valence-electron chi connectivity index (χ4n) is 2.19. The van der Waals surface area contributed by atoms with E-state index in [0.717, 1.165) is 24.6 Å². The first-order valence-electron chi connectivity index (χ1n) is 6.31. The van der Waals surface area contributed by atoms with Gasteiger partial charge in [0.25, 0.3) is 0 Å². The third kappa shape index (κ3) is 2.75. The van der Waals surface area contributed by atoms with Gasteiger partial charge >= 0.3 is 0 Å². The molecule has 0 saturated carbocycles. The summed E-state index contributed by atoms with van der Waals surface area (Å²) in [6, 6.07) is 0.653. The summed E-state index contributed by atoms with van der Waals surface area (Å²) in [4.78, 5) is 13.5. The third-order valence-electron chi connectivity index (χ3n) is 3.43. The molecule has 94 valence electrons. The van der Waals surface area contributed by atoms with Gasteiger partial charge in [0.15, 0.2) is 0 Å². The van der Waals surface area contributed by atoms with Crippen molar-refractivity contribution < 1.29 is 0 Å². The summed E-state index contributed by atoms with van der Waals surface area (Å²) in [7, 11) is 4.29. The Morgan fingerprint density at radius 3 is 2.41 bits per heavy atom. The lowest BCUT2D eigenvalue weighted by atomic mass is 10.2. The van der Waals surface area contributed by atoms with Gasteiger partial charge in [-0.1, -0.05) is 13.8 Å². The van der Waals surface area contributed by atoms with Gasteiger partial charge in [0.1, 0.15) is 5.82 Å². The average molecular weight is 234 g/mol. The van der Waals surface area contributed by atoms with Crippen LogP contribution in [-0.2, 0) is 0 Å². The zero-order valence-electron chi connectivity index (χ0n) is 11.2. The predicted octanol–water partition coefficient (Wildman–Crippen LogP) is 1.74. The van der Waals surface area contributed by atoms with Crippen LogP contribution in [0.5, 0.6) is 0 Å². The van der Waals surface area contributed by atoms with Crippen molar-refractivity contribution in [2.45, 2.75) is 32.2 Å². The monoisotopic (exact) mass is 234 g/mol. The molecule has 0 bridgehead atoms. The standard InChI is InChI=1S/C13H22N4/c1-10(2)13-14-7-12(8-15-13)17-6-5-11(9-17)16(3)4/h7-8,10-11H,5-6,9H2,1-4H3/t11-/m0/s1. The van der Waals surface area contributed by atoms with Gasteiger partial charge in [-0.2, -0.15) is 0 Å². The highest BCUT2D eigenvalue weighted by atomic mass is 15.2. The van der Waals surface area contributed by atoms with E-state index in [0.29, 0.717) is 12.0 Å². The van der Waals surface area contributed by atoms with Crippen LogP contribution in [-0.4, -0.2) is 48.1 Å². The summed E-state index contributed by atoms with van der Waals surface area (Å²) in [6.07, 6.45) is 5.14. The fourth-order valence-corrected chi connectivity index (χ4v) is 2.19. The van der Waals surface area contributed by atoms with Crippen LogP contribution in [0.3, 0.4) is 0 Å². The lowest BCUT2D eigenvalue weighted by Gasteiger charge is -2.21. The van der Waals surface area contributed by atoms with Gasteiger partial charge in [-0.25, -0.2) is 9.97 Å². The molecule has 1 aliphatic heterocycles. The van der Waals surface area contributed by atoms with E-state index in [1.165, 1.54) is 6.42 Å². The largest absolute Gasteiger partial charge is 0.367 e. The van der Waals surface area contributed by atoms with Crippen molar-refractivity contribution in [3.05, 3.63) is 18.2 Å². The van der Waals surface area contributed by atoms with Crippen LogP contribution >= 0.6 is 0 Å². The van der Waals surface area contributed by atoms with Crippen molar-refractivity contribution in [2.24, 2.45) is 0 Å². The molecule has 17 heavy (non-hydrogen) atoms. The average Bonchev–Trinajstić information content (AvgIpc) is 2.78. The second-order valence-corrected chi connectivity index (χ2v) is 5.31. The summed E-state index contributed by atoms with van der Waals surface area (Å²) in [5.74, 6) is 1.33. The minimum Gasteiger partial charge on any atom is -0.367 e. The van der Waals surface area contributed by atoms with Gasteiger partial charge in [0.2, 0.25) is 0 Å². The van der Waals surface area contributed by atoms with Crippen molar-refractivity contribution in [3.8, 4) is 0 Å². The molecule has 4 heteroatoms. The molecule has 0 spiro atoms. The molecule has 1 aliphatic rings. The van der Waals surface area contributed by atoms with Crippen molar-refractivity contribution >= 4 is 5.69 Å². The predicted molar refractivity (Wildman–Crippen MR) is 70.4 cm³/mol. The summed E-state index contributed by atoms with van der Waals surface area (Å²) in [5.41, 5.74) is 1.15. The molecular weight excluding hydrogens is 212 g/mol. The topological polar surface area (TPSA) is 32.3 Å². The Kier molecular flexibility index (Phi) is 3.62. The number of anilines is 1. The number of rotatable bonds is 3. The van der Waals surface area contributed by atoms with Crippen molar-refractivity contribution in [1.29, 1.82) is 0 Å². The van der Waals surface area contributed by atoms with E-state index in [1.807, 2.05) is 12.4 Å². The quantitative estimate of drug-likeness (QED) is 0.797. The van der Waals surface area contributed by atoms with Crippen molar-refractivity contribution in [1.82, 2.24) is 14.9 Å². The molecule has 4 nitrogen and oxygen atoms in total. The van der Waals surface area contributed by atoms with E-state index in [4.69, 9.17) is 0 Å². The fraction of sp³-hybridized carbons (Fsp3) is 0.692. The lowest BCUT2D eigenvalue weighted by Crippen LogP contribution is -2.31. The van der Waals surface area contributed by atoms with E-state index in [1.54, 1.807) is 0 Å². The first-order valence-corrected chi connectivity index (χ1v) is 6.31. The minimum atomic E-state index is 0.400. The van der Waals surface area contributed by atoms with Gasteiger partial charge in [0, 0.05) is 25.0 Å². The lowest BCUT2D eigenvalue weighted by molar-refractivity contribution is 0.315. The maximum atomic E-state index is 4.43. The number of likely N-dealkylation sites (N-methyl/N-ethyl adjacent to an activating group) is 1. The van der Waals surface area contributed by atoms with Crippen LogP contribution in [0.1, 0.15) is 32.0 Å². The minimum absolute atomic E-state index is 0.400. The Morgan fingerprint density at radius 1 is 1.29 bits per heavy atom. The molecule has 2 rings (SSSR count). The molecular formula is C13H22N4. The maximum absolute atomic E-state index is 4.43. The first-order chi connectivity index (χ1) is 8.08. The molecule has 0 radical (unpaired) electrons. The first kappa shape index (κ1) is 12.3. The molecule has 1 saturated heterocycles. The molecule has 1 aromatic rings. The molecule has 1 atom stereocenters. The Balaban J connectivity index is 2.04. The van der Waals surface area contributed by atoms with Gasteiger partial charge in [-0.15, -0.1) is 0 Å². The molecule has 0 aliphatic carbocycles. The van der Waals surface area contributed by atoms with Gasteiger partial charge in [0.05, 0.1) is 18.1 Å². The van der Waals surface area contributed by atoms with Crippen LogP contribution < -0.4 is 4.90 Å². The van der Waals surface area contributed by atoms with Crippen LogP contribution in [0.15, 0.2) is 12.4 Å². The molecule has 2 heterocycles. The zero-order valence-corrected chi connectivity index (χ0v) is 11.2. The van der Waals surface area contributed by atoms with Crippen molar-refractivity contribution in [2.75, 3.05) is 32.1 Å². The second-order valence-electron chi connectivity index (χ2n) is 5.31. The Morgan fingerprint density at radius 2 is 1.94 bits per heavy atom. The SMILES string of the molecule is CC(C)c1ncc(N2CC[C@H](N(C)C)C2)cn1. The second kappa shape index (κ2) is 5.00. The molecule has 0 amide bonds. The van der Waals surface area contributed by atoms with Gasteiger partial charge in [-0.3, -0.25) is 0 Å². The van der Waals surface area contributed by atoms with E-state index >= 15 is 0 Å². The number of hydrogen-bond acceptors (Lipinski definition) is 4. The van der Waals surface area contributed by atoms with Crippen LogP contribution in [0.2, 0.25) is 0 Å². The number of nitrogens with zero attached hydrogens (tertiary/aromatic N) is 4. The molecule has 1 aromatic heterocycles. The number of aromatic nitrogens is 2. The van der Waals surface area contributed by atoms with Crippen molar-refractivity contribution in [3.63, 3.8) is 0 Å². The molecule has 0 aromatic carbocycles. The summed E-state index contributed by atoms with van der Waals surface area (Å²) in [6.45, 7) is 6.42. The van der Waals surface area contributed by atoms with E-state index < -0.39 is 0 Å². The Bertz CT molecular complexity index is 358. The Labute approximate surface area is 104 Å². The van der Waals surface area contributed by atoms with Crippen LogP contribution in [0.4, 0.5) is 5.69 Å². The number of hydrogen-bond donors (Lipinski definition) is 0. The van der Waals surface area contributed by atoms with Crippen LogP contribution in [0.25, 0.3) is 0 Å². The Hall–Kier alpha value is -1.16. The van der Waals surface area contributed by atoms with E-state index in [2.05, 4.69) is 47.7 Å².